The SMILES string of the molecule is Cc1nc(CN(C)C(c2ccncc2)C(C)N)cs1. The zero-order chi connectivity index (χ0) is 13.8. The molecule has 2 aromatic heterocycles. The van der Waals surface area contributed by atoms with E-state index in [1.165, 1.54) is 5.56 Å². The highest BCUT2D eigenvalue weighted by Crippen LogP contribution is 2.23. The van der Waals surface area contributed by atoms with Crippen LogP contribution in [0.5, 0.6) is 0 Å². The monoisotopic (exact) mass is 276 g/mol. The zero-order valence-electron chi connectivity index (χ0n) is 11.6. The molecule has 0 spiro atoms. The minimum Gasteiger partial charge on any atom is -0.326 e. The van der Waals surface area contributed by atoms with Crippen LogP contribution < -0.4 is 5.73 Å². The lowest BCUT2D eigenvalue weighted by Crippen LogP contribution is -2.37. The summed E-state index contributed by atoms with van der Waals surface area (Å²) in [5, 5.41) is 3.21. The van der Waals surface area contributed by atoms with E-state index in [2.05, 4.69) is 27.3 Å². The molecule has 0 aliphatic heterocycles. The summed E-state index contributed by atoms with van der Waals surface area (Å²) in [5.41, 5.74) is 8.44. The number of aromatic nitrogens is 2. The van der Waals surface area contributed by atoms with E-state index in [0.29, 0.717) is 0 Å². The summed E-state index contributed by atoms with van der Waals surface area (Å²) < 4.78 is 0. The van der Waals surface area contributed by atoms with Crippen LogP contribution in [-0.4, -0.2) is 28.0 Å². The Labute approximate surface area is 118 Å². The number of rotatable bonds is 5. The number of likely N-dealkylation sites (N-methyl/N-ethyl adjacent to an activating group) is 1. The molecule has 0 fully saturated rings. The molecular weight excluding hydrogens is 256 g/mol. The van der Waals surface area contributed by atoms with Gasteiger partial charge in [-0.15, -0.1) is 11.3 Å². The van der Waals surface area contributed by atoms with Gasteiger partial charge in [0.1, 0.15) is 0 Å². The summed E-state index contributed by atoms with van der Waals surface area (Å²) >= 11 is 1.68. The molecular formula is C14H20N4S. The van der Waals surface area contributed by atoms with E-state index in [-0.39, 0.29) is 12.1 Å². The Kier molecular flexibility index (Phi) is 4.63. The third-order valence-corrected chi connectivity index (χ3v) is 3.92. The van der Waals surface area contributed by atoms with Gasteiger partial charge in [0.2, 0.25) is 0 Å². The highest BCUT2D eigenvalue weighted by molar-refractivity contribution is 7.09. The summed E-state index contributed by atoms with van der Waals surface area (Å²) in [4.78, 5) is 10.8. The van der Waals surface area contributed by atoms with Crippen LogP contribution in [0, 0.1) is 6.92 Å². The Morgan fingerprint density at radius 1 is 1.37 bits per heavy atom. The van der Waals surface area contributed by atoms with Crippen LogP contribution in [-0.2, 0) is 6.54 Å². The van der Waals surface area contributed by atoms with Crippen LogP contribution in [0.15, 0.2) is 29.9 Å². The van der Waals surface area contributed by atoms with Gasteiger partial charge in [0, 0.05) is 36.4 Å². The molecule has 2 N–H and O–H groups in total. The quantitative estimate of drug-likeness (QED) is 0.911. The van der Waals surface area contributed by atoms with Crippen molar-refractivity contribution < 1.29 is 0 Å². The molecule has 102 valence electrons. The summed E-state index contributed by atoms with van der Waals surface area (Å²) in [7, 11) is 2.09. The maximum absolute atomic E-state index is 6.15. The summed E-state index contributed by atoms with van der Waals surface area (Å²) in [6, 6.07) is 4.27. The van der Waals surface area contributed by atoms with E-state index < -0.39 is 0 Å². The van der Waals surface area contributed by atoms with Gasteiger partial charge in [-0.2, -0.15) is 0 Å². The standard InChI is InChI=1S/C14H20N4S/c1-10(15)14(12-4-6-16-7-5-12)18(3)8-13-9-19-11(2)17-13/h4-7,9-10,14H,8,15H2,1-3H3. The first-order valence-corrected chi connectivity index (χ1v) is 7.22. The van der Waals surface area contributed by atoms with Crippen molar-refractivity contribution in [3.05, 3.63) is 46.2 Å². The first-order chi connectivity index (χ1) is 9.08. The molecule has 2 unspecified atom stereocenters. The van der Waals surface area contributed by atoms with E-state index >= 15 is 0 Å². The summed E-state index contributed by atoms with van der Waals surface area (Å²) in [5.74, 6) is 0. The molecule has 2 rings (SSSR count). The molecule has 4 nitrogen and oxygen atoms in total. The highest BCUT2D eigenvalue weighted by atomic mass is 32.1. The van der Waals surface area contributed by atoms with Gasteiger partial charge in [0.25, 0.3) is 0 Å². The van der Waals surface area contributed by atoms with E-state index in [1.54, 1.807) is 11.3 Å². The summed E-state index contributed by atoms with van der Waals surface area (Å²) in [6.07, 6.45) is 3.62. The number of aryl methyl sites for hydroxylation is 1. The average molecular weight is 276 g/mol. The first-order valence-electron chi connectivity index (χ1n) is 6.34. The van der Waals surface area contributed by atoms with Crippen LogP contribution in [0.25, 0.3) is 0 Å². The topological polar surface area (TPSA) is 55.0 Å². The van der Waals surface area contributed by atoms with Crippen LogP contribution >= 0.6 is 11.3 Å². The smallest absolute Gasteiger partial charge is 0.0897 e. The number of hydrogen-bond donors (Lipinski definition) is 1. The van der Waals surface area contributed by atoms with Crippen molar-refractivity contribution >= 4 is 11.3 Å². The third-order valence-electron chi connectivity index (χ3n) is 3.10. The molecule has 2 atom stereocenters. The largest absolute Gasteiger partial charge is 0.326 e. The van der Waals surface area contributed by atoms with Crippen molar-refractivity contribution in [2.75, 3.05) is 7.05 Å². The Morgan fingerprint density at radius 2 is 2.05 bits per heavy atom. The Hall–Kier alpha value is -1.30. The van der Waals surface area contributed by atoms with Gasteiger partial charge in [0.05, 0.1) is 10.7 Å². The lowest BCUT2D eigenvalue weighted by Gasteiger charge is -2.30. The molecule has 0 aliphatic carbocycles. The van der Waals surface area contributed by atoms with Crippen LogP contribution in [0.2, 0.25) is 0 Å². The Bertz CT molecular complexity index is 509. The Balaban J connectivity index is 2.15. The Morgan fingerprint density at radius 3 is 2.58 bits per heavy atom. The fourth-order valence-corrected chi connectivity index (χ4v) is 2.96. The van der Waals surface area contributed by atoms with Crippen molar-refractivity contribution in [1.29, 1.82) is 0 Å². The molecule has 0 amide bonds. The highest BCUT2D eigenvalue weighted by Gasteiger charge is 2.21. The normalized spacial score (nSPS) is 14.6. The fraction of sp³-hybridized carbons (Fsp3) is 0.429. The second-order valence-electron chi connectivity index (χ2n) is 4.86. The molecule has 0 saturated carbocycles. The van der Waals surface area contributed by atoms with Crippen LogP contribution in [0.1, 0.15) is 29.2 Å². The number of thiazole rings is 1. The van der Waals surface area contributed by atoms with Crippen molar-refractivity contribution in [2.45, 2.75) is 32.5 Å². The molecule has 0 radical (unpaired) electrons. The molecule has 0 aliphatic rings. The number of pyridine rings is 1. The molecule has 2 heterocycles. The number of hydrogen-bond acceptors (Lipinski definition) is 5. The second kappa shape index (κ2) is 6.23. The molecule has 0 aromatic carbocycles. The van der Waals surface area contributed by atoms with Crippen LogP contribution in [0.4, 0.5) is 0 Å². The van der Waals surface area contributed by atoms with Crippen molar-refractivity contribution in [3.63, 3.8) is 0 Å². The van der Waals surface area contributed by atoms with Crippen molar-refractivity contribution in [3.8, 4) is 0 Å². The fourth-order valence-electron chi connectivity index (χ4n) is 2.35. The molecule has 0 bridgehead atoms. The van der Waals surface area contributed by atoms with Gasteiger partial charge < -0.3 is 5.73 Å². The number of nitrogens with two attached hydrogens (primary N) is 1. The number of nitrogens with zero attached hydrogens (tertiary/aromatic N) is 3. The summed E-state index contributed by atoms with van der Waals surface area (Å²) in [6.45, 7) is 4.87. The molecule has 19 heavy (non-hydrogen) atoms. The van der Waals surface area contributed by atoms with Gasteiger partial charge in [-0.25, -0.2) is 4.98 Å². The van der Waals surface area contributed by atoms with Gasteiger partial charge in [0.15, 0.2) is 0 Å². The third kappa shape index (κ3) is 3.59. The van der Waals surface area contributed by atoms with E-state index in [4.69, 9.17) is 5.73 Å². The first kappa shape index (κ1) is 14.1. The van der Waals surface area contributed by atoms with E-state index in [0.717, 1.165) is 17.2 Å². The predicted octanol–water partition coefficient (Wildman–Crippen LogP) is 2.37. The average Bonchev–Trinajstić information content (AvgIpc) is 2.75. The lowest BCUT2D eigenvalue weighted by atomic mass is 10.0. The minimum absolute atomic E-state index is 0.0483. The molecule has 5 heteroatoms. The van der Waals surface area contributed by atoms with E-state index in [1.807, 2.05) is 38.4 Å². The molecule has 0 saturated heterocycles. The van der Waals surface area contributed by atoms with Crippen molar-refractivity contribution in [2.24, 2.45) is 5.73 Å². The second-order valence-corrected chi connectivity index (χ2v) is 5.92. The minimum atomic E-state index is 0.0483. The van der Waals surface area contributed by atoms with Gasteiger partial charge >= 0.3 is 0 Å². The van der Waals surface area contributed by atoms with Gasteiger partial charge in [-0.1, -0.05) is 0 Å². The maximum atomic E-state index is 6.15. The maximum Gasteiger partial charge on any atom is 0.0897 e. The van der Waals surface area contributed by atoms with Crippen molar-refractivity contribution in [1.82, 2.24) is 14.9 Å². The van der Waals surface area contributed by atoms with Gasteiger partial charge in [-0.05, 0) is 38.6 Å². The lowest BCUT2D eigenvalue weighted by molar-refractivity contribution is 0.209. The zero-order valence-corrected chi connectivity index (χ0v) is 12.4. The van der Waals surface area contributed by atoms with Crippen LogP contribution in [0.3, 0.4) is 0 Å². The predicted molar refractivity (Wildman–Crippen MR) is 78.9 cm³/mol. The van der Waals surface area contributed by atoms with Gasteiger partial charge in [-0.3, -0.25) is 9.88 Å². The molecule has 2 aromatic rings. The van der Waals surface area contributed by atoms with E-state index in [9.17, 15) is 0 Å².